The molecule has 0 spiro atoms. The van der Waals surface area contributed by atoms with Crippen LogP contribution in [0.2, 0.25) is 0 Å². The molecule has 0 atom stereocenters. The Morgan fingerprint density at radius 3 is 1.88 bits per heavy atom. The zero-order valence-corrected chi connectivity index (χ0v) is 6.16. The number of hydrogen-bond acceptors (Lipinski definition) is 2. The van der Waals surface area contributed by atoms with Gasteiger partial charge >= 0.3 is 0 Å². The van der Waals surface area contributed by atoms with Crippen molar-refractivity contribution in [3.8, 4) is 6.07 Å². The highest BCUT2D eigenvalue weighted by Gasteiger charge is 2.22. The minimum absolute atomic E-state index is 0.789. The molecule has 0 bridgehead atoms. The molecule has 4 heteroatoms. The summed E-state index contributed by atoms with van der Waals surface area (Å²) >= 11 is 10.5. The highest BCUT2D eigenvalue weighted by Crippen LogP contribution is 2.17. The van der Waals surface area contributed by atoms with E-state index in [1.54, 1.807) is 13.8 Å². The minimum Gasteiger partial charge on any atom is -0.196 e. The number of nitriles is 1. The first-order valence-corrected chi connectivity index (χ1v) is 2.71. The van der Waals surface area contributed by atoms with Crippen LogP contribution in [-0.2, 0) is 0 Å². The lowest BCUT2D eigenvalue weighted by atomic mass is 10.1. The van der Waals surface area contributed by atoms with Gasteiger partial charge in [-0.3, -0.25) is 0 Å². The van der Waals surface area contributed by atoms with Crippen LogP contribution in [0.15, 0.2) is 0 Å². The Balaban J connectivity index is 3.97. The molecule has 0 unspecified atom stereocenters. The molecule has 0 aromatic heterocycles. The van der Waals surface area contributed by atoms with Crippen molar-refractivity contribution >= 4 is 23.6 Å². The summed E-state index contributed by atoms with van der Waals surface area (Å²) < 4.78 is 0.826. The second-order valence-corrected chi connectivity index (χ2v) is 2.75. The maximum atomic E-state index is 8.30. The summed E-state index contributed by atoms with van der Waals surface area (Å²) in [6.45, 7) is 3.24. The second kappa shape index (κ2) is 2.54. The Kier molecular flexibility index (Phi) is 2.55. The Hall–Kier alpha value is 0.0300. The number of nitrogens with zero attached hydrogens (tertiary/aromatic N) is 2. The molecule has 0 radical (unpaired) electrons. The predicted molar refractivity (Wildman–Crippen MR) is 33.2 cm³/mol. The molecule has 0 saturated heterocycles. The van der Waals surface area contributed by atoms with Crippen LogP contribution in [-0.4, -0.2) is 9.48 Å². The number of rotatable bonds is 1. The van der Waals surface area contributed by atoms with Crippen LogP contribution in [0.5, 0.6) is 0 Å². The molecule has 0 aromatic rings. The molecule has 0 fully saturated rings. The number of hydrogen-bond donors (Lipinski definition) is 0. The SMILES string of the molecule is CC(C)(C#N)N(Cl)Cl. The highest BCUT2D eigenvalue weighted by atomic mass is 35.5. The lowest BCUT2D eigenvalue weighted by Gasteiger charge is -2.17. The molecule has 0 aliphatic carbocycles. The van der Waals surface area contributed by atoms with Crippen LogP contribution in [0.3, 0.4) is 0 Å². The van der Waals surface area contributed by atoms with Crippen molar-refractivity contribution < 1.29 is 0 Å². The van der Waals surface area contributed by atoms with E-state index in [0.29, 0.717) is 0 Å². The predicted octanol–water partition coefficient (Wildman–Crippen LogP) is 1.90. The van der Waals surface area contributed by atoms with Gasteiger partial charge < -0.3 is 0 Å². The van der Waals surface area contributed by atoms with Crippen LogP contribution in [0, 0.1) is 11.3 Å². The molecule has 0 aromatic carbocycles. The third-order valence-electron chi connectivity index (χ3n) is 0.696. The molecule has 0 aliphatic rings. The van der Waals surface area contributed by atoms with Crippen molar-refractivity contribution in [3.05, 3.63) is 0 Å². The molecular formula is C4H6Cl2N2. The van der Waals surface area contributed by atoms with E-state index in [0.717, 1.165) is 3.94 Å². The highest BCUT2D eigenvalue weighted by molar-refractivity contribution is 6.34. The average molecular weight is 153 g/mol. The van der Waals surface area contributed by atoms with E-state index in [1.165, 1.54) is 0 Å². The summed E-state index contributed by atoms with van der Waals surface area (Å²) in [4.78, 5) is 0. The second-order valence-electron chi connectivity index (χ2n) is 1.90. The normalized spacial score (nSPS) is 11.5. The van der Waals surface area contributed by atoms with Gasteiger partial charge in [-0.1, -0.05) is 0 Å². The summed E-state index contributed by atoms with van der Waals surface area (Å²) in [6.07, 6.45) is 0. The zero-order chi connectivity index (χ0) is 6.78. The van der Waals surface area contributed by atoms with Gasteiger partial charge in [-0.2, -0.15) is 5.26 Å². The van der Waals surface area contributed by atoms with E-state index >= 15 is 0 Å². The molecule has 0 N–H and O–H groups in total. The van der Waals surface area contributed by atoms with Crippen molar-refractivity contribution in [1.82, 2.24) is 3.94 Å². The van der Waals surface area contributed by atoms with Crippen molar-refractivity contribution in [2.24, 2.45) is 0 Å². The van der Waals surface area contributed by atoms with Gasteiger partial charge in [0, 0.05) is 0 Å². The molecule has 2 nitrogen and oxygen atoms in total. The summed E-state index contributed by atoms with van der Waals surface area (Å²) in [5.41, 5.74) is -0.789. The summed E-state index contributed by atoms with van der Waals surface area (Å²) in [5, 5.41) is 8.30. The first-order chi connectivity index (χ1) is 3.50. The van der Waals surface area contributed by atoms with Crippen molar-refractivity contribution in [2.75, 3.05) is 0 Å². The maximum Gasteiger partial charge on any atom is 0.133 e. The minimum atomic E-state index is -0.789. The average Bonchev–Trinajstić information content (AvgIpc) is 1.67. The van der Waals surface area contributed by atoms with Gasteiger partial charge in [-0.15, -0.1) is 3.94 Å². The van der Waals surface area contributed by atoms with Crippen LogP contribution >= 0.6 is 23.6 Å². The summed E-state index contributed by atoms with van der Waals surface area (Å²) in [7, 11) is 0. The third kappa shape index (κ3) is 1.87. The topological polar surface area (TPSA) is 27.0 Å². The van der Waals surface area contributed by atoms with Gasteiger partial charge in [0.05, 0.1) is 6.07 Å². The monoisotopic (exact) mass is 152 g/mol. The van der Waals surface area contributed by atoms with Gasteiger partial charge in [-0.05, 0) is 37.4 Å². The van der Waals surface area contributed by atoms with Crippen LogP contribution in [0.25, 0.3) is 0 Å². The first kappa shape index (κ1) is 8.03. The zero-order valence-electron chi connectivity index (χ0n) is 4.65. The molecule has 8 heavy (non-hydrogen) atoms. The van der Waals surface area contributed by atoms with Crippen molar-refractivity contribution in [1.29, 1.82) is 5.26 Å². The molecule has 0 saturated carbocycles. The van der Waals surface area contributed by atoms with E-state index in [-0.39, 0.29) is 0 Å². The Bertz CT molecular complexity index is 114. The largest absolute Gasteiger partial charge is 0.196 e. The van der Waals surface area contributed by atoms with Crippen LogP contribution < -0.4 is 0 Å². The van der Waals surface area contributed by atoms with E-state index in [1.807, 2.05) is 6.07 Å². The smallest absolute Gasteiger partial charge is 0.133 e. The molecule has 0 heterocycles. The maximum absolute atomic E-state index is 8.30. The molecule has 0 rings (SSSR count). The van der Waals surface area contributed by atoms with Gasteiger partial charge in [0.15, 0.2) is 0 Å². The van der Waals surface area contributed by atoms with E-state index in [2.05, 4.69) is 0 Å². The van der Waals surface area contributed by atoms with E-state index in [9.17, 15) is 0 Å². The lowest BCUT2D eigenvalue weighted by molar-refractivity contribution is 0.455. The van der Waals surface area contributed by atoms with Crippen LogP contribution in [0.1, 0.15) is 13.8 Å². The van der Waals surface area contributed by atoms with E-state index in [4.69, 9.17) is 28.8 Å². The summed E-state index contributed by atoms with van der Waals surface area (Å²) in [5.74, 6) is 0. The van der Waals surface area contributed by atoms with Gasteiger partial charge in [-0.25, -0.2) is 0 Å². The van der Waals surface area contributed by atoms with Gasteiger partial charge in [0.2, 0.25) is 0 Å². The quantitative estimate of drug-likeness (QED) is 0.538. The van der Waals surface area contributed by atoms with Crippen molar-refractivity contribution in [3.63, 3.8) is 0 Å². The van der Waals surface area contributed by atoms with E-state index < -0.39 is 5.54 Å². The molecular weight excluding hydrogens is 147 g/mol. The summed E-state index contributed by atoms with van der Waals surface area (Å²) in [6, 6.07) is 1.90. The number of halogens is 2. The first-order valence-electron chi connectivity index (χ1n) is 2.04. The van der Waals surface area contributed by atoms with Crippen molar-refractivity contribution in [2.45, 2.75) is 19.4 Å². The Morgan fingerprint density at radius 2 is 1.88 bits per heavy atom. The molecule has 46 valence electrons. The fourth-order valence-corrected chi connectivity index (χ4v) is 0.113. The molecule has 0 amide bonds. The van der Waals surface area contributed by atoms with Gasteiger partial charge in [0.1, 0.15) is 5.54 Å². The fourth-order valence-electron chi connectivity index (χ4n) is 0.0378. The lowest BCUT2D eigenvalue weighted by Crippen LogP contribution is -2.28. The Labute approximate surface area is 58.8 Å². The Morgan fingerprint density at radius 1 is 1.50 bits per heavy atom. The molecule has 0 aliphatic heterocycles. The standard InChI is InChI=1S/C4H6Cl2N2/c1-4(2,3-7)8(5)6/h1-2H3. The fraction of sp³-hybridized carbons (Fsp3) is 0.750. The van der Waals surface area contributed by atoms with Gasteiger partial charge in [0.25, 0.3) is 0 Å². The third-order valence-corrected chi connectivity index (χ3v) is 1.54. The van der Waals surface area contributed by atoms with Crippen LogP contribution in [0.4, 0.5) is 0 Å².